The van der Waals surface area contributed by atoms with Crippen molar-refractivity contribution in [3.05, 3.63) is 63.8 Å². The topological polar surface area (TPSA) is 72.2 Å². The molecule has 2 aromatic carbocycles. The fraction of sp³-hybridized carbons (Fsp3) is 0.385. The smallest absolute Gasteiger partial charge is 0.339 e. The summed E-state index contributed by atoms with van der Waals surface area (Å²) in [6, 6.07) is 12.7. The van der Waals surface area contributed by atoms with Gasteiger partial charge >= 0.3 is 5.97 Å². The van der Waals surface area contributed by atoms with Gasteiger partial charge in [0.05, 0.1) is 35.5 Å². The number of fused-ring (bicyclic) bond motifs is 1. The summed E-state index contributed by atoms with van der Waals surface area (Å²) in [5, 5.41) is 0.517. The summed E-state index contributed by atoms with van der Waals surface area (Å²) in [4.78, 5) is 29.7. The van der Waals surface area contributed by atoms with Crippen LogP contribution >= 0.6 is 0 Å². The molecular formula is C26H30N2O5. The third-order valence-corrected chi connectivity index (χ3v) is 6.17. The lowest BCUT2D eigenvalue weighted by atomic mass is 10.1. The van der Waals surface area contributed by atoms with E-state index < -0.39 is 5.97 Å². The number of piperidine rings is 1. The minimum absolute atomic E-state index is 0.0898. The van der Waals surface area contributed by atoms with Crippen LogP contribution < -0.4 is 15.2 Å². The number of carbonyl (C=O) groups is 1. The Hall–Kier alpha value is -3.32. The van der Waals surface area contributed by atoms with Crippen molar-refractivity contribution in [1.82, 2.24) is 0 Å². The molecule has 0 aliphatic carbocycles. The minimum Gasteiger partial charge on any atom is -0.465 e. The Kier molecular flexibility index (Phi) is 6.70. The predicted octanol–water partition coefficient (Wildman–Crippen LogP) is 4.66. The van der Waals surface area contributed by atoms with Gasteiger partial charge in [-0.3, -0.25) is 4.79 Å². The van der Waals surface area contributed by atoms with Crippen molar-refractivity contribution >= 4 is 34.2 Å². The number of benzene rings is 2. The number of methoxy groups -OCH3 is 2. The lowest BCUT2D eigenvalue weighted by Gasteiger charge is -2.32. The van der Waals surface area contributed by atoms with Gasteiger partial charge in [-0.1, -0.05) is 12.1 Å². The molecule has 7 heteroatoms. The first kappa shape index (κ1) is 22.9. The van der Waals surface area contributed by atoms with Crippen molar-refractivity contribution in [2.24, 2.45) is 0 Å². The van der Waals surface area contributed by atoms with Gasteiger partial charge < -0.3 is 23.7 Å². The normalized spacial score (nSPS) is 16.1. The van der Waals surface area contributed by atoms with Gasteiger partial charge in [-0.05, 0) is 56.5 Å². The molecule has 1 fully saturated rings. The highest BCUT2D eigenvalue weighted by atomic mass is 16.5. The number of anilines is 3. The first-order chi connectivity index (χ1) is 16.0. The second-order valence-electron chi connectivity index (χ2n) is 8.31. The highest BCUT2D eigenvalue weighted by Crippen LogP contribution is 2.36. The molecule has 3 aromatic rings. The van der Waals surface area contributed by atoms with Gasteiger partial charge in [-0.2, -0.15) is 0 Å². The summed E-state index contributed by atoms with van der Waals surface area (Å²) in [5.74, 6) is 0.124. The van der Waals surface area contributed by atoms with Crippen molar-refractivity contribution in [3.63, 3.8) is 0 Å². The molecule has 174 valence electrons. The molecule has 0 saturated carbocycles. The van der Waals surface area contributed by atoms with Gasteiger partial charge in [-0.15, -0.1) is 0 Å². The summed E-state index contributed by atoms with van der Waals surface area (Å²) in [6.07, 6.45) is 2.06. The van der Waals surface area contributed by atoms with Crippen LogP contribution in [0.25, 0.3) is 11.0 Å². The molecule has 1 aromatic heterocycles. The van der Waals surface area contributed by atoms with Crippen LogP contribution in [0.5, 0.6) is 0 Å². The first-order valence-electron chi connectivity index (χ1n) is 11.3. The zero-order valence-corrected chi connectivity index (χ0v) is 19.6. The third kappa shape index (κ3) is 4.46. The summed E-state index contributed by atoms with van der Waals surface area (Å²) in [6.45, 7) is 5.99. The van der Waals surface area contributed by atoms with E-state index in [0.717, 1.165) is 30.6 Å². The summed E-state index contributed by atoms with van der Waals surface area (Å²) < 4.78 is 17.0. The SMILES string of the molecule is CCN(c1ccccc1C(=O)OC)c1cc(C)cc2c(=O)cc(N3CCC[C@H](OC)C3)oc12. The van der Waals surface area contributed by atoms with Crippen LogP contribution in [0, 0.1) is 6.92 Å². The maximum Gasteiger partial charge on any atom is 0.339 e. The van der Waals surface area contributed by atoms with Crippen LogP contribution in [0.2, 0.25) is 0 Å². The van der Waals surface area contributed by atoms with E-state index in [1.807, 2.05) is 43.0 Å². The van der Waals surface area contributed by atoms with Crippen LogP contribution in [0.1, 0.15) is 35.7 Å². The number of aryl methyl sites for hydroxylation is 1. The van der Waals surface area contributed by atoms with Crippen molar-refractivity contribution < 1.29 is 18.7 Å². The Balaban J connectivity index is 1.89. The Morgan fingerprint density at radius 3 is 2.70 bits per heavy atom. The molecule has 0 bridgehead atoms. The maximum atomic E-state index is 13.2. The number of carbonyl (C=O) groups excluding carboxylic acids is 1. The number of para-hydroxylation sites is 1. The molecule has 0 unspecified atom stereocenters. The van der Waals surface area contributed by atoms with Crippen LogP contribution in [0.15, 0.2) is 51.7 Å². The summed E-state index contributed by atoms with van der Waals surface area (Å²) >= 11 is 0. The number of esters is 1. The number of ether oxygens (including phenoxy) is 2. The van der Waals surface area contributed by atoms with Crippen molar-refractivity contribution in [2.45, 2.75) is 32.8 Å². The average Bonchev–Trinajstić information content (AvgIpc) is 2.84. The standard InChI is InChI=1S/C26H30N2O5/c1-5-28(21-11-7-6-10-19(21)26(30)32-4)22-14-17(2)13-20-23(29)15-24(33-25(20)22)27-12-8-9-18(16-27)31-3/h6-7,10-11,13-15,18H,5,8-9,12,16H2,1-4H3/t18-/m0/s1. The van der Waals surface area contributed by atoms with Crippen LogP contribution in [0.3, 0.4) is 0 Å². The molecule has 33 heavy (non-hydrogen) atoms. The van der Waals surface area contributed by atoms with E-state index in [-0.39, 0.29) is 11.5 Å². The molecule has 2 heterocycles. The predicted molar refractivity (Wildman–Crippen MR) is 130 cm³/mol. The fourth-order valence-electron chi connectivity index (χ4n) is 4.52. The van der Waals surface area contributed by atoms with Gasteiger partial charge in [-0.25, -0.2) is 4.79 Å². The van der Waals surface area contributed by atoms with E-state index in [0.29, 0.717) is 41.2 Å². The lowest BCUT2D eigenvalue weighted by molar-refractivity contribution is 0.0601. The molecule has 1 aliphatic heterocycles. The molecule has 0 radical (unpaired) electrons. The van der Waals surface area contributed by atoms with E-state index in [1.54, 1.807) is 25.3 Å². The summed E-state index contributed by atoms with van der Waals surface area (Å²) in [5.41, 5.74) is 3.24. The van der Waals surface area contributed by atoms with E-state index in [4.69, 9.17) is 13.9 Å². The van der Waals surface area contributed by atoms with E-state index >= 15 is 0 Å². The lowest BCUT2D eigenvalue weighted by Crippen LogP contribution is -2.39. The fourth-order valence-corrected chi connectivity index (χ4v) is 4.52. The maximum absolute atomic E-state index is 13.2. The van der Waals surface area contributed by atoms with Crippen LogP contribution in [-0.2, 0) is 9.47 Å². The first-order valence-corrected chi connectivity index (χ1v) is 11.3. The molecule has 1 aliphatic rings. The van der Waals surface area contributed by atoms with Gasteiger partial charge in [0.15, 0.2) is 16.9 Å². The second-order valence-corrected chi connectivity index (χ2v) is 8.31. The Morgan fingerprint density at radius 2 is 1.97 bits per heavy atom. The van der Waals surface area contributed by atoms with Crippen LogP contribution in [-0.4, -0.2) is 45.9 Å². The van der Waals surface area contributed by atoms with Gasteiger partial charge in [0.25, 0.3) is 0 Å². The molecular weight excluding hydrogens is 420 g/mol. The van der Waals surface area contributed by atoms with Gasteiger partial charge in [0, 0.05) is 32.8 Å². The number of rotatable bonds is 6. The van der Waals surface area contributed by atoms with Crippen molar-refractivity contribution in [3.8, 4) is 0 Å². The minimum atomic E-state index is -0.415. The number of nitrogens with zero attached hydrogens (tertiary/aromatic N) is 2. The van der Waals surface area contributed by atoms with Crippen molar-refractivity contribution in [2.75, 3.05) is 43.7 Å². The molecule has 1 saturated heterocycles. The highest BCUT2D eigenvalue weighted by molar-refractivity contribution is 5.99. The molecule has 0 spiro atoms. The van der Waals surface area contributed by atoms with E-state index in [1.165, 1.54) is 7.11 Å². The number of hydrogen-bond acceptors (Lipinski definition) is 7. The van der Waals surface area contributed by atoms with Crippen LogP contribution in [0.4, 0.5) is 17.3 Å². The van der Waals surface area contributed by atoms with E-state index in [9.17, 15) is 9.59 Å². The Bertz CT molecular complexity index is 1220. The van der Waals surface area contributed by atoms with Crippen molar-refractivity contribution in [1.29, 1.82) is 0 Å². The quantitative estimate of drug-likeness (QED) is 0.506. The Morgan fingerprint density at radius 1 is 1.18 bits per heavy atom. The van der Waals surface area contributed by atoms with Gasteiger partial charge in [0.2, 0.25) is 0 Å². The zero-order chi connectivity index (χ0) is 23.5. The average molecular weight is 451 g/mol. The molecule has 4 rings (SSSR count). The third-order valence-electron chi connectivity index (χ3n) is 6.17. The largest absolute Gasteiger partial charge is 0.465 e. The molecule has 7 nitrogen and oxygen atoms in total. The number of hydrogen-bond donors (Lipinski definition) is 0. The highest BCUT2D eigenvalue weighted by Gasteiger charge is 2.25. The summed E-state index contributed by atoms with van der Waals surface area (Å²) in [7, 11) is 3.08. The molecule has 0 amide bonds. The Labute approximate surface area is 193 Å². The molecule has 1 atom stereocenters. The molecule has 0 N–H and O–H groups in total. The monoisotopic (exact) mass is 450 g/mol. The second kappa shape index (κ2) is 9.67. The zero-order valence-electron chi connectivity index (χ0n) is 19.6. The van der Waals surface area contributed by atoms with Gasteiger partial charge in [0.1, 0.15) is 0 Å². The van der Waals surface area contributed by atoms with E-state index in [2.05, 4.69) is 4.90 Å².